The van der Waals surface area contributed by atoms with E-state index in [2.05, 4.69) is 13.8 Å². The summed E-state index contributed by atoms with van der Waals surface area (Å²) >= 11 is 0. The predicted molar refractivity (Wildman–Crippen MR) is 130 cm³/mol. The van der Waals surface area contributed by atoms with Crippen molar-refractivity contribution in [1.29, 1.82) is 0 Å². The maximum atomic E-state index is 13.5. The number of hydrogen-bond acceptors (Lipinski definition) is 4. The van der Waals surface area contributed by atoms with Gasteiger partial charge in [-0.2, -0.15) is 0 Å². The fourth-order valence-electron chi connectivity index (χ4n) is 4.62. The number of rotatable bonds is 12. The van der Waals surface area contributed by atoms with Crippen LogP contribution in [0.3, 0.4) is 0 Å². The summed E-state index contributed by atoms with van der Waals surface area (Å²) in [7, 11) is 0. The molecule has 2 amide bonds. The molecule has 1 aliphatic rings. The number of piperidine rings is 1. The highest BCUT2D eigenvalue weighted by Gasteiger charge is 2.31. The van der Waals surface area contributed by atoms with Gasteiger partial charge in [0.2, 0.25) is 11.8 Å². The van der Waals surface area contributed by atoms with Crippen LogP contribution in [0, 0.1) is 11.8 Å². The number of unbranched alkanes of at least 4 members (excludes halogenated alkanes) is 1. The van der Waals surface area contributed by atoms with Crippen LogP contribution < -0.4 is 0 Å². The van der Waals surface area contributed by atoms with Crippen molar-refractivity contribution >= 4 is 17.8 Å². The lowest BCUT2D eigenvalue weighted by Crippen LogP contribution is -2.45. The van der Waals surface area contributed by atoms with Crippen molar-refractivity contribution in [1.82, 2.24) is 9.80 Å². The molecule has 1 fully saturated rings. The first-order chi connectivity index (χ1) is 15.9. The molecule has 3 unspecified atom stereocenters. The van der Waals surface area contributed by atoms with E-state index in [1.165, 1.54) is 0 Å². The number of amides is 2. The fourth-order valence-corrected chi connectivity index (χ4v) is 4.62. The molecule has 184 valence electrons. The molecule has 0 radical (unpaired) electrons. The van der Waals surface area contributed by atoms with Crippen LogP contribution in [0.15, 0.2) is 30.3 Å². The number of ether oxygens (including phenoxy) is 1. The van der Waals surface area contributed by atoms with Crippen LogP contribution in [0.4, 0.5) is 0 Å². The zero-order chi connectivity index (χ0) is 24.2. The van der Waals surface area contributed by atoms with Crippen molar-refractivity contribution in [2.75, 3.05) is 26.2 Å². The minimum atomic E-state index is -0.248. The van der Waals surface area contributed by atoms with Gasteiger partial charge in [0.05, 0.1) is 18.6 Å². The van der Waals surface area contributed by atoms with Crippen molar-refractivity contribution in [3.05, 3.63) is 35.9 Å². The van der Waals surface area contributed by atoms with Crippen LogP contribution in [0.2, 0.25) is 0 Å². The second-order valence-corrected chi connectivity index (χ2v) is 9.05. The van der Waals surface area contributed by atoms with Crippen molar-refractivity contribution < 1.29 is 19.1 Å². The largest absolute Gasteiger partial charge is 0.466 e. The fraction of sp³-hybridized carbons (Fsp3) is 0.667. The third-order valence-electron chi connectivity index (χ3n) is 6.74. The molecule has 2 rings (SSSR count). The Morgan fingerprint density at radius 2 is 1.88 bits per heavy atom. The average molecular weight is 459 g/mol. The highest BCUT2D eigenvalue weighted by molar-refractivity contribution is 5.81. The Morgan fingerprint density at radius 3 is 2.52 bits per heavy atom. The maximum Gasteiger partial charge on any atom is 0.310 e. The summed E-state index contributed by atoms with van der Waals surface area (Å²) in [6, 6.07) is 9.91. The van der Waals surface area contributed by atoms with Gasteiger partial charge in [-0.05, 0) is 45.1 Å². The molecule has 6 heteroatoms. The van der Waals surface area contributed by atoms with Gasteiger partial charge in [-0.25, -0.2) is 0 Å². The molecule has 6 nitrogen and oxygen atoms in total. The molecule has 0 N–H and O–H groups in total. The maximum absolute atomic E-state index is 13.5. The normalized spacial score (nSPS) is 17.8. The van der Waals surface area contributed by atoms with Gasteiger partial charge >= 0.3 is 5.97 Å². The Bertz CT molecular complexity index is 752. The highest BCUT2D eigenvalue weighted by Crippen LogP contribution is 2.26. The molecular formula is C27H42N2O4. The first-order valence-corrected chi connectivity index (χ1v) is 12.7. The molecule has 1 aliphatic heterocycles. The molecule has 3 atom stereocenters. The quantitative estimate of drug-likeness (QED) is 0.414. The summed E-state index contributed by atoms with van der Waals surface area (Å²) in [6.07, 6.45) is 5.60. The topological polar surface area (TPSA) is 66.9 Å². The number of benzene rings is 1. The standard InChI is InChI=1S/C27H42N2O4/c1-5-8-13-22(6-2)26(31)29(21(4)23-14-10-9-11-15-23)19-17-25(30)28-18-12-16-24(20-28)27(32)33-7-3/h9-11,14-15,21-22,24H,5-8,12-13,16-20H2,1-4H3. The molecule has 1 aromatic rings. The molecule has 0 aliphatic carbocycles. The summed E-state index contributed by atoms with van der Waals surface area (Å²) in [6.45, 7) is 9.86. The van der Waals surface area contributed by atoms with E-state index in [9.17, 15) is 14.4 Å². The first kappa shape index (κ1) is 26.9. The third kappa shape index (κ3) is 7.86. The van der Waals surface area contributed by atoms with E-state index in [1.54, 1.807) is 11.8 Å². The van der Waals surface area contributed by atoms with Gasteiger partial charge in [0.15, 0.2) is 0 Å². The Balaban J connectivity index is 2.09. The number of hydrogen-bond donors (Lipinski definition) is 0. The van der Waals surface area contributed by atoms with E-state index in [0.717, 1.165) is 44.1 Å². The lowest BCUT2D eigenvalue weighted by atomic mass is 9.95. The Morgan fingerprint density at radius 1 is 1.15 bits per heavy atom. The Hall–Kier alpha value is -2.37. The van der Waals surface area contributed by atoms with Gasteiger partial charge in [0.1, 0.15) is 0 Å². The van der Waals surface area contributed by atoms with Crippen LogP contribution in [-0.4, -0.2) is 53.8 Å². The lowest BCUT2D eigenvalue weighted by Gasteiger charge is -2.35. The van der Waals surface area contributed by atoms with Crippen LogP contribution in [-0.2, 0) is 19.1 Å². The summed E-state index contributed by atoms with van der Waals surface area (Å²) in [5.41, 5.74) is 1.07. The van der Waals surface area contributed by atoms with Gasteiger partial charge in [0, 0.05) is 32.0 Å². The smallest absolute Gasteiger partial charge is 0.310 e. The molecule has 0 saturated carbocycles. The molecular weight excluding hydrogens is 416 g/mol. The van der Waals surface area contributed by atoms with E-state index in [-0.39, 0.29) is 42.1 Å². The van der Waals surface area contributed by atoms with Crippen molar-refractivity contribution in [3.63, 3.8) is 0 Å². The Labute approximate surface area is 199 Å². The summed E-state index contributed by atoms with van der Waals surface area (Å²) in [5.74, 6) is -0.343. The van der Waals surface area contributed by atoms with E-state index in [0.29, 0.717) is 26.2 Å². The van der Waals surface area contributed by atoms with Crippen LogP contribution in [0.1, 0.15) is 84.2 Å². The van der Waals surface area contributed by atoms with Crippen molar-refractivity contribution in [3.8, 4) is 0 Å². The summed E-state index contributed by atoms with van der Waals surface area (Å²) < 4.78 is 5.16. The lowest BCUT2D eigenvalue weighted by molar-refractivity contribution is -0.151. The zero-order valence-corrected chi connectivity index (χ0v) is 20.9. The van der Waals surface area contributed by atoms with Crippen molar-refractivity contribution in [2.45, 2.75) is 78.7 Å². The molecule has 1 heterocycles. The molecule has 0 spiro atoms. The van der Waals surface area contributed by atoms with E-state index >= 15 is 0 Å². The minimum absolute atomic E-state index is 0.00340. The minimum Gasteiger partial charge on any atom is -0.466 e. The highest BCUT2D eigenvalue weighted by atomic mass is 16.5. The van der Waals surface area contributed by atoms with Gasteiger partial charge in [0.25, 0.3) is 0 Å². The van der Waals surface area contributed by atoms with Crippen molar-refractivity contribution in [2.24, 2.45) is 11.8 Å². The van der Waals surface area contributed by atoms with Gasteiger partial charge in [-0.3, -0.25) is 14.4 Å². The number of likely N-dealkylation sites (tertiary alicyclic amines) is 1. The Kier molecular flexibility index (Phi) is 11.4. The summed E-state index contributed by atoms with van der Waals surface area (Å²) in [4.78, 5) is 42.4. The van der Waals surface area contributed by atoms with Crippen LogP contribution in [0.25, 0.3) is 0 Å². The van der Waals surface area contributed by atoms with Gasteiger partial charge < -0.3 is 14.5 Å². The number of carbonyl (C=O) groups excluding carboxylic acids is 3. The monoisotopic (exact) mass is 458 g/mol. The zero-order valence-electron chi connectivity index (χ0n) is 20.9. The summed E-state index contributed by atoms with van der Waals surface area (Å²) in [5, 5.41) is 0. The molecule has 1 aromatic carbocycles. The SMILES string of the molecule is CCCCC(CC)C(=O)N(CCC(=O)N1CCCC(C(=O)OCC)C1)C(C)c1ccccc1. The van der Waals surface area contributed by atoms with Crippen LogP contribution >= 0.6 is 0 Å². The van der Waals surface area contributed by atoms with Gasteiger partial charge in [-0.1, -0.05) is 57.0 Å². The first-order valence-electron chi connectivity index (χ1n) is 12.7. The molecule has 33 heavy (non-hydrogen) atoms. The number of esters is 1. The molecule has 0 bridgehead atoms. The predicted octanol–water partition coefficient (Wildman–Crippen LogP) is 4.98. The van der Waals surface area contributed by atoms with E-state index in [1.807, 2.05) is 42.2 Å². The average Bonchev–Trinajstić information content (AvgIpc) is 2.85. The van der Waals surface area contributed by atoms with E-state index in [4.69, 9.17) is 4.74 Å². The third-order valence-corrected chi connectivity index (χ3v) is 6.74. The van der Waals surface area contributed by atoms with Crippen LogP contribution in [0.5, 0.6) is 0 Å². The van der Waals surface area contributed by atoms with E-state index < -0.39 is 0 Å². The second-order valence-electron chi connectivity index (χ2n) is 9.05. The second kappa shape index (κ2) is 14.0. The molecule has 1 saturated heterocycles. The number of carbonyl (C=O) groups is 3. The van der Waals surface area contributed by atoms with Gasteiger partial charge in [-0.15, -0.1) is 0 Å². The number of nitrogens with zero attached hydrogens (tertiary/aromatic N) is 2. The molecule has 0 aromatic heterocycles.